The standard InChI is InChI=1S/C20H45N3OS/c1-2-3-4-5-6-7-8-9-10-11-12-13-14-15-19(24)23-20(25)16-18(22)17-21/h18-20,23-25H,2-17,21-22H2,1H3. The first kappa shape index (κ1) is 25.2. The molecule has 0 aliphatic heterocycles. The average molecular weight is 376 g/mol. The lowest BCUT2D eigenvalue weighted by Gasteiger charge is -2.20. The second-order valence-electron chi connectivity index (χ2n) is 7.46. The van der Waals surface area contributed by atoms with E-state index in [0.717, 1.165) is 12.8 Å². The zero-order valence-corrected chi connectivity index (χ0v) is 17.5. The Labute approximate surface area is 162 Å². The van der Waals surface area contributed by atoms with Gasteiger partial charge in [-0.2, -0.15) is 12.6 Å². The van der Waals surface area contributed by atoms with Crippen molar-refractivity contribution in [2.24, 2.45) is 11.5 Å². The van der Waals surface area contributed by atoms with Gasteiger partial charge < -0.3 is 16.6 Å². The minimum atomic E-state index is -0.486. The van der Waals surface area contributed by atoms with Crippen LogP contribution >= 0.6 is 12.6 Å². The van der Waals surface area contributed by atoms with Crippen LogP contribution in [-0.2, 0) is 0 Å². The van der Waals surface area contributed by atoms with Gasteiger partial charge in [0.1, 0.15) is 6.23 Å². The van der Waals surface area contributed by atoms with Crippen molar-refractivity contribution >= 4 is 12.6 Å². The number of hydrogen-bond donors (Lipinski definition) is 5. The number of thiol groups is 1. The van der Waals surface area contributed by atoms with Crippen LogP contribution in [0.2, 0.25) is 0 Å². The second-order valence-corrected chi connectivity index (χ2v) is 8.08. The molecule has 3 atom stereocenters. The number of rotatable bonds is 19. The SMILES string of the molecule is CCCCCCCCCCCCCCCC(O)NC(S)CC(N)CN. The van der Waals surface area contributed by atoms with E-state index in [1.54, 1.807) is 0 Å². The molecule has 0 fully saturated rings. The predicted molar refractivity (Wildman–Crippen MR) is 114 cm³/mol. The largest absolute Gasteiger partial charge is 0.379 e. The number of hydrogen-bond acceptors (Lipinski definition) is 5. The van der Waals surface area contributed by atoms with E-state index in [1.165, 1.54) is 77.0 Å². The molecule has 0 aliphatic rings. The smallest absolute Gasteiger partial charge is 0.105 e. The molecule has 25 heavy (non-hydrogen) atoms. The van der Waals surface area contributed by atoms with E-state index in [9.17, 15) is 5.11 Å². The quantitative estimate of drug-likeness (QED) is 0.132. The van der Waals surface area contributed by atoms with E-state index in [-0.39, 0.29) is 11.4 Å². The first-order valence-corrected chi connectivity index (χ1v) is 11.2. The monoisotopic (exact) mass is 375 g/mol. The Bertz CT molecular complexity index is 269. The minimum Gasteiger partial charge on any atom is -0.379 e. The molecule has 0 radical (unpaired) electrons. The van der Waals surface area contributed by atoms with Gasteiger partial charge in [0.25, 0.3) is 0 Å². The van der Waals surface area contributed by atoms with Crippen LogP contribution in [0, 0.1) is 0 Å². The van der Waals surface area contributed by atoms with E-state index in [4.69, 9.17) is 11.5 Å². The Morgan fingerprint density at radius 1 is 0.840 bits per heavy atom. The normalized spacial score (nSPS) is 15.2. The topological polar surface area (TPSA) is 84.3 Å². The van der Waals surface area contributed by atoms with Crippen molar-refractivity contribution in [1.29, 1.82) is 0 Å². The molecular weight excluding hydrogens is 330 g/mol. The van der Waals surface area contributed by atoms with Crippen LogP contribution < -0.4 is 16.8 Å². The van der Waals surface area contributed by atoms with Crippen LogP contribution in [0.5, 0.6) is 0 Å². The van der Waals surface area contributed by atoms with Gasteiger partial charge in [0.2, 0.25) is 0 Å². The Morgan fingerprint density at radius 2 is 1.28 bits per heavy atom. The number of nitrogens with two attached hydrogens (primary N) is 2. The van der Waals surface area contributed by atoms with Crippen molar-refractivity contribution in [3.63, 3.8) is 0 Å². The molecule has 152 valence electrons. The molecular formula is C20H45N3OS. The first-order valence-electron chi connectivity index (χ1n) is 10.7. The summed E-state index contributed by atoms with van der Waals surface area (Å²) in [6, 6.07) is -0.0569. The maximum atomic E-state index is 9.95. The summed E-state index contributed by atoms with van der Waals surface area (Å²) >= 11 is 4.40. The lowest BCUT2D eigenvalue weighted by atomic mass is 10.0. The average Bonchev–Trinajstić information content (AvgIpc) is 2.58. The predicted octanol–water partition coefficient (Wildman–Crippen LogP) is 4.31. The number of aliphatic hydroxyl groups excluding tert-OH is 1. The maximum absolute atomic E-state index is 9.95. The molecule has 0 saturated heterocycles. The molecule has 0 aromatic carbocycles. The van der Waals surface area contributed by atoms with Gasteiger partial charge in [-0.1, -0.05) is 84.0 Å². The molecule has 0 heterocycles. The molecule has 0 saturated carbocycles. The first-order chi connectivity index (χ1) is 12.1. The summed E-state index contributed by atoms with van der Waals surface area (Å²) in [6.45, 7) is 2.72. The van der Waals surface area contributed by atoms with E-state index in [1.807, 2.05) is 0 Å². The third kappa shape index (κ3) is 18.8. The lowest BCUT2D eigenvalue weighted by molar-refractivity contribution is 0.119. The van der Waals surface area contributed by atoms with E-state index in [0.29, 0.717) is 13.0 Å². The fraction of sp³-hybridized carbons (Fsp3) is 1.00. The van der Waals surface area contributed by atoms with Crippen LogP contribution in [-0.4, -0.2) is 29.3 Å². The summed E-state index contributed by atoms with van der Waals surface area (Å²) in [5, 5.41) is 12.9. The van der Waals surface area contributed by atoms with E-state index >= 15 is 0 Å². The van der Waals surface area contributed by atoms with Gasteiger partial charge in [-0.25, -0.2) is 0 Å². The molecule has 5 heteroatoms. The molecule has 0 rings (SSSR count). The van der Waals surface area contributed by atoms with Gasteiger partial charge in [0.05, 0.1) is 5.37 Å². The summed E-state index contributed by atoms with van der Waals surface area (Å²) in [6.07, 6.45) is 18.5. The zero-order chi connectivity index (χ0) is 18.8. The fourth-order valence-electron chi connectivity index (χ4n) is 3.11. The summed E-state index contributed by atoms with van der Waals surface area (Å²) < 4.78 is 0. The van der Waals surface area contributed by atoms with Crippen LogP contribution in [0.4, 0.5) is 0 Å². The van der Waals surface area contributed by atoms with Crippen LogP contribution in [0.15, 0.2) is 0 Å². The molecule has 0 spiro atoms. The molecule has 0 amide bonds. The Morgan fingerprint density at radius 3 is 1.72 bits per heavy atom. The number of unbranched alkanes of at least 4 members (excludes halogenated alkanes) is 12. The molecule has 4 nitrogen and oxygen atoms in total. The Balaban J connectivity index is 3.27. The summed E-state index contributed by atoms with van der Waals surface area (Å²) in [5.41, 5.74) is 11.3. The van der Waals surface area contributed by atoms with Crippen molar-refractivity contribution in [2.75, 3.05) is 6.54 Å². The maximum Gasteiger partial charge on any atom is 0.105 e. The second kappa shape index (κ2) is 19.0. The molecule has 3 unspecified atom stereocenters. The van der Waals surface area contributed by atoms with E-state index in [2.05, 4.69) is 24.9 Å². The Hall–Kier alpha value is 0.190. The minimum absolute atomic E-state index is 0.0569. The van der Waals surface area contributed by atoms with Gasteiger partial charge in [0.15, 0.2) is 0 Å². The highest BCUT2D eigenvalue weighted by Gasteiger charge is 2.12. The van der Waals surface area contributed by atoms with Crippen LogP contribution in [0.1, 0.15) is 103 Å². The van der Waals surface area contributed by atoms with Crippen molar-refractivity contribution in [1.82, 2.24) is 5.32 Å². The number of aliphatic hydroxyl groups is 1. The summed E-state index contributed by atoms with van der Waals surface area (Å²) in [5.74, 6) is 0. The molecule has 0 aromatic rings. The van der Waals surface area contributed by atoms with Gasteiger partial charge in [-0.3, -0.25) is 5.32 Å². The zero-order valence-electron chi connectivity index (χ0n) is 16.6. The highest BCUT2D eigenvalue weighted by atomic mass is 32.1. The lowest BCUT2D eigenvalue weighted by Crippen LogP contribution is -2.41. The van der Waals surface area contributed by atoms with Gasteiger partial charge >= 0.3 is 0 Å². The van der Waals surface area contributed by atoms with Gasteiger partial charge in [-0.15, -0.1) is 0 Å². The van der Waals surface area contributed by atoms with Crippen molar-refractivity contribution in [2.45, 2.75) is 121 Å². The van der Waals surface area contributed by atoms with Crippen LogP contribution in [0.25, 0.3) is 0 Å². The Kier molecular flexibility index (Phi) is 19.1. The van der Waals surface area contributed by atoms with Crippen LogP contribution in [0.3, 0.4) is 0 Å². The molecule has 0 aromatic heterocycles. The van der Waals surface area contributed by atoms with E-state index < -0.39 is 6.23 Å². The summed E-state index contributed by atoms with van der Waals surface area (Å²) in [7, 11) is 0. The molecule has 6 N–H and O–H groups in total. The third-order valence-electron chi connectivity index (χ3n) is 4.79. The third-order valence-corrected chi connectivity index (χ3v) is 5.15. The van der Waals surface area contributed by atoms with Crippen molar-refractivity contribution in [3.05, 3.63) is 0 Å². The highest BCUT2D eigenvalue weighted by molar-refractivity contribution is 7.80. The van der Waals surface area contributed by atoms with Gasteiger partial charge in [-0.05, 0) is 19.3 Å². The fourth-order valence-corrected chi connectivity index (χ4v) is 3.55. The molecule has 0 bridgehead atoms. The molecule has 0 aliphatic carbocycles. The summed E-state index contributed by atoms with van der Waals surface area (Å²) in [4.78, 5) is 0. The van der Waals surface area contributed by atoms with Crippen molar-refractivity contribution < 1.29 is 5.11 Å². The van der Waals surface area contributed by atoms with Crippen molar-refractivity contribution in [3.8, 4) is 0 Å². The highest BCUT2D eigenvalue weighted by Crippen LogP contribution is 2.13. The number of nitrogens with one attached hydrogen (secondary N) is 1. The van der Waals surface area contributed by atoms with Gasteiger partial charge in [0, 0.05) is 12.6 Å².